The highest BCUT2D eigenvalue weighted by atomic mass is 14.9. The highest BCUT2D eigenvalue weighted by molar-refractivity contribution is 6.03. The molecule has 0 aliphatic heterocycles. The number of aromatic nitrogens is 5. The maximum atomic E-state index is 5.14. The molecule has 0 aliphatic rings. The standard InChI is InChI=1S/C35H21N5/c1-2-14-30-27(12-1)32(40-35(39-30)28-13-4-7-22-10-5-19-36-31(22)28)26-9-3-8-25(21-26)29-18-17-24-16-15-23-11-6-20-37-33(23)34(24)38-29/h1-21H. The molecule has 0 bridgehead atoms. The molecule has 186 valence electrons. The van der Waals surface area contributed by atoms with E-state index in [4.69, 9.17) is 15.0 Å². The van der Waals surface area contributed by atoms with Crippen molar-refractivity contribution in [1.29, 1.82) is 0 Å². The topological polar surface area (TPSA) is 64.5 Å². The maximum absolute atomic E-state index is 5.14. The molecule has 0 radical (unpaired) electrons. The number of pyridine rings is 3. The highest BCUT2D eigenvalue weighted by Crippen LogP contribution is 2.34. The quantitative estimate of drug-likeness (QED) is 0.223. The molecule has 0 saturated carbocycles. The molecular weight excluding hydrogens is 490 g/mol. The molecule has 8 aromatic rings. The van der Waals surface area contributed by atoms with Crippen molar-refractivity contribution >= 4 is 43.6 Å². The van der Waals surface area contributed by atoms with Gasteiger partial charge in [0.1, 0.15) is 0 Å². The van der Waals surface area contributed by atoms with Crippen molar-refractivity contribution in [2.24, 2.45) is 0 Å². The molecule has 0 unspecified atom stereocenters. The summed E-state index contributed by atoms with van der Waals surface area (Å²) in [6.07, 6.45) is 3.63. The summed E-state index contributed by atoms with van der Waals surface area (Å²) in [6, 6.07) is 39.1. The van der Waals surface area contributed by atoms with Gasteiger partial charge in [-0.05, 0) is 36.4 Å². The van der Waals surface area contributed by atoms with Crippen LogP contribution in [0.3, 0.4) is 0 Å². The Labute approximate surface area is 229 Å². The van der Waals surface area contributed by atoms with E-state index in [0.29, 0.717) is 5.82 Å². The van der Waals surface area contributed by atoms with Crippen molar-refractivity contribution in [2.45, 2.75) is 0 Å². The third kappa shape index (κ3) is 3.68. The van der Waals surface area contributed by atoms with Crippen LogP contribution in [-0.2, 0) is 0 Å². The van der Waals surface area contributed by atoms with Gasteiger partial charge in [-0.2, -0.15) is 0 Å². The summed E-state index contributed by atoms with van der Waals surface area (Å²) in [5.41, 5.74) is 8.30. The first kappa shape index (κ1) is 22.4. The van der Waals surface area contributed by atoms with Crippen LogP contribution in [0.4, 0.5) is 0 Å². The molecule has 0 N–H and O–H groups in total. The first-order valence-electron chi connectivity index (χ1n) is 13.2. The zero-order chi connectivity index (χ0) is 26.5. The van der Waals surface area contributed by atoms with Crippen LogP contribution < -0.4 is 0 Å². The van der Waals surface area contributed by atoms with Crippen molar-refractivity contribution in [3.05, 3.63) is 128 Å². The van der Waals surface area contributed by atoms with E-state index in [1.165, 1.54) is 0 Å². The zero-order valence-electron chi connectivity index (χ0n) is 21.4. The summed E-state index contributed by atoms with van der Waals surface area (Å²) in [4.78, 5) is 24.4. The molecule has 0 aliphatic carbocycles. The van der Waals surface area contributed by atoms with Gasteiger partial charge in [0.05, 0.1) is 33.5 Å². The Kier molecular flexibility index (Phi) is 5.07. The number of nitrogens with zero attached hydrogens (tertiary/aromatic N) is 5. The fourth-order valence-corrected chi connectivity index (χ4v) is 5.41. The van der Waals surface area contributed by atoms with Gasteiger partial charge in [0.2, 0.25) is 0 Å². The number of fused-ring (bicyclic) bond motifs is 5. The molecule has 0 saturated heterocycles. The third-order valence-electron chi connectivity index (χ3n) is 7.34. The second-order valence-electron chi connectivity index (χ2n) is 9.78. The lowest BCUT2D eigenvalue weighted by Crippen LogP contribution is -1.97. The van der Waals surface area contributed by atoms with Crippen LogP contribution in [0.15, 0.2) is 128 Å². The summed E-state index contributed by atoms with van der Waals surface area (Å²) in [5, 5.41) is 4.21. The summed E-state index contributed by atoms with van der Waals surface area (Å²) in [7, 11) is 0. The predicted molar refractivity (Wildman–Crippen MR) is 162 cm³/mol. The van der Waals surface area contributed by atoms with E-state index in [-0.39, 0.29) is 0 Å². The molecule has 8 rings (SSSR count). The smallest absolute Gasteiger partial charge is 0.162 e. The van der Waals surface area contributed by atoms with Crippen molar-refractivity contribution < 1.29 is 0 Å². The normalized spacial score (nSPS) is 11.5. The largest absolute Gasteiger partial charge is 0.255 e. The molecule has 0 spiro atoms. The van der Waals surface area contributed by atoms with Crippen molar-refractivity contribution in [1.82, 2.24) is 24.9 Å². The lowest BCUT2D eigenvalue weighted by atomic mass is 10.0. The molecular formula is C35H21N5. The minimum atomic E-state index is 0.657. The van der Waals surface area contributed by atoms with E-state index >= 15 is 0 Å². The lowest BCUT2D eigenvalue weighted by Gasteiger charge is -2.12. The first-order valence-corrected chi connectivity index (χ1v) is 13.2. The van der Waals surface area contributed by atoms with Crippen molar-refractivity contribution in [2.75, 3.05) is 0 Å². The van der Waals surface area contributed by atoms with E-state index in [2.05, 4.69) is 82.8 Å². The number of hydrogen-bond acceptors (Lipinski definition) is 5. The van der Waals surface area contributed by atoms with Gasteiger partial charge in [-0.1, -0.05) is 78.9 Å². The van der Waals surface area contributed by atoms with Crippen LogP contribution in [0.25, 0.3) is 77.5 Å². The van der Waals surface area contributed by atoms with Gasteiger partial charge in [0, 0.05) is 50.6 Å². The highest BCUT2D eigenvalue weighted by Gasteiger charge is 2.15. The van der Waals surface area contributed by atoms with Crippen LogP contribution in [0.1, 0.15) is 0 Å². The molecule has 5 nitrogen and oxygen atoms in total. The zero-order valence-corrected chi connectivity index (χ0v) is 21.4. The maximum Gasteiger partial charge on any atom is 0.162 e. The fraction of sp³-hybridized carbons (Fsp3) is 0. The summed E-state index contributed by atoms with van der Waals surface area (Å²) in [6.45, 7) is 0. The molecule has 5 heteroatoms. The number of rotatable bonds is 3. The van der Waals surface area contributed by atoms with Gasteiger partial charge in [-0.15, -0.1) is 0 Å². The van der Waals surface area contributed by atoms with Crippen molar-refractivity contribution in [3.63, 3.8) is 0 Å². The number of benzene rings is 4. The summed E-state index contributed by atoms with van der Waals surface area (Å²) >= 11 is 0. The molecule has 4 aromatic carbocycles. The fourth-order valence-electron chi connectivity index (χ4n) is 5.41. The van der Waals surface area contributed by atoms with Crippen LogP contribution in [-0.4, -0.2) is 24.9 Å². The van der Waals surface area contributed by atoms with Gasteiger partial charge in [0.15, 0.2) is 5.82 Å². The number of para-hydroxylation sites is 2. The molecule has 0 amide bonds. The lowest BCUT2D eigenvalue weighted by molar-refractivity contribution is 1.23. The minimum Gasteiger partial charge on any atom is -0.255 e. The Bertz CT molecular complexity index is 2230. The minimum absolute atomic E-state index is 0.657. The van der Waals surface area contributed by atoms with Crippen LogP contribution in [0.2, 0.25) is 0 Å². The van der Waals surface area contributed by atoms with Crippen molar-refractivity contribution in [3.8, 4) is 33.9 Å². The Morgan fingerprint density at radius 2 is 1.15 bits per heavy atom. The van der Waals surface area contributed by atoms with Crippen LogP contribution in [0, 0.1) is 0 Å². The van der Waals surface area contributed by atoms with E-state index < -0.39 is 0 Å². The van der Waals surface area contributed by atoms with E-state index in [0.717, 1.165) is 71.7 Å². The summed E-state index contributed by atoms with van der Waals surface area (Å²) in [5.74, 6) is 0.657. The summed E-state index contributed by atoms with van der Waals surface area (Å²) < 4.78 is 0. The Balaban J connectivity index is 1.32. The average molecular weight is 512 g/mol. The van der Waals surface area contributed by atoms with E-state index in [1.807, 2.05) is 54.9 Å². The average Bonchev–Trinajstić information content (AvgIpc) is 3.03. The Morgan fingerprint density at radius 1 is 0.450 bits per heavy atom. The van der Waals surface area contributed by atoms with Gasteiger partial charge >= 0.3 is 0 Å². The van der Waals surface area contributed by atoms with Gasteiger partial charge in [-0.3, -0.25) is 9.97 Å². The predicted octanol–water partition coefficient (Wildman–Crippen LogP) is 8.28. The molecule has 4 aromatic heterocycles. The van der Waals surface area contributed by atoms with Gasteiger partial charge in [0.25, 0.3) is 0 Å². The Morgan fingerprint density at radius 3 is 2.05 bits per heavy atom. The molecule has 0 fully saturated rings. The first-order chi connectivity index (χ1) is 19.8. The van der Waals surface area contributed by atoms with E-state index in [9.17, 15) is 0 Å². The third-order valence-corrected chi connectivity index (χ3v) is 7.34. The SMILES string of the molecule is c1cc(-c2ccc3ccc4cccnc4c3n2)cc(-c2nc(-c3cccc4cccnc34)nc3ccccc23)c1. The number of hydrogen-bond donors (Lipinski definition) is 0. The van der Waals surface area contributed by atoms with Crippen LogP contribution in [0.5, 0.6) is 0 Å². The Hall–Kier alpha value is -5.55. The molecule has 4 heterocycles. The van der Waals surface area contributed by atoms with Crippen LogP contribution >= 0.6 is 0 Å². The second kappa shape index (κ2) is 9.03. The van der Waals surface area contributed by atoms with Gasteiger partial charge < -0.3 is 0 Å². The monoisotopic (exact) mass is 511 g/mol. The van der Waals surface area contributed by atoms with E-state index in [1.54, 1.807) is 0 Å². The van der Waals surface area contributed by atoms with Gasteiger partial charge in [-0.25, -0.2) is 15.0 Å². The molecule has 40 heavy (non-hydrogen) atoms. The molecule has 0 atom stereocenters. The second-order valence-corrected chi connectivity index (χ2v) is 9.78.